The zero-order chi connectivity index (χ0) is 15.4. The third-order valence-electron chi connectivity index (χ3n) is 3.77. The number of nitrogens with zero attached hydrogens (tertiary/aromatic N) is 3. The van der Waals surface area contributed by atoms with E-state index in [1.54, 1.807) is 4.68 Å². The molecule has 0 saturated carbocycles. The zero-order valence-corrected chi connectivity index (χ0v) is 13.9. The summed E-state index contributed by atoms with van der Waals surface area (Å²) in [5, 5.41) is 8.72. The fraction of sp³-hybridized carbons (Fsp3) is 0.500. The van der Waals surface area contributed by atoms with Gasteiger partial charge in [0.25, 0.3) is 0 Å². The number of hydrogen-bond donors (Lipinski definition) is 1. The standard InChI is InChI=1S/C16H23ClN4/c1-5-7-19-15(14-10-18-8-6-11(14)2)9-13-12(3)20-21(4)16(13)17/h6,8,10,15,19H,5,7,9H2,1-4H3. The normalized spacial score (nSPS) is 12.6. The van der Waals surface area contributed by atoms with Crippen molar-refractivity contribution in [3.63, 3.8) is 0 Å². The van der Waals surface area contributed by atoms with Crippen LogP contribution < -0.4 is 5.32 Å². The van der Waals surface area contributed by atoms with Gasteiger partial charge in [0.15, 0.2) is 0 Å². The summed E-state index contributed by atoms with van der Waals surface area (Å²) in [6.45, 7) is 7.27. The lowest BCUT2D eigenvalue weighted by Crippen LogP contribution is -2.25. The van der Waals surface area contributed by atoms with Crippen LogP contribution in [-0.2, 0) is 13.5 Å². The predicted molar refractivity (Wildman–Crippen MR) is 86.7 cm³/mol. The summed E-state index contributed by atoms with van der Waals surface area (Å²) >= 11 is 6.38. The number of aryl methyl sites for hydroxylation is 3. The summed E-state index contributed by atoms with van der Waals surface area (Å²) in [4.78, 5) is 4.27. The third-order valence-corrected chi connectivity index (χ3v) is 4.25. The van der Waals surface area contributed by atoms with Gasteiger partial charge in [0.1, 0.15) is 5.15 Å². The summed E-state index contributed by atoms with van der Waals surface area (Å²) in [6.07, 6.45) is 5.70. The molecule has 1 atom stereocenters. The molecule has 0 bridgehead atoms. The molecule has 4 nitrogen and oxygen atoms in total. The van der Waals surface area contributed by atoms with Gasteiger partial charge in [-0.05, 0) is 50.4 Å². The average molecular weight is 307 g/mol. The molecule has 5 heteroatoms. The first-order valence-electron chi connectivity index (χ1n) is 7.36. The van der Waals surface area contributed by atoms with Gasteiger partial charge in [0.2, 0.25) is 0 Å². The third kappa shape index (κ3) is 3.63. The number of hydrogen-bond acceptors (Lipinski definition) is 3. The van der Waals surface area contributed by atoms with Crippen molar-refractivity contribution in [3.8, 4) is 0 Å². The van der Waals surface area contributed by atoms with Crippen LogP contribution in [0.1, 0.15) is 41.8 Å². The van der Waals surface area contributed by atoms with Gasteiger partial charge in [-0.15, -0.1) is 0 Å². The summed E-state index contributed by atoms with van der Waals surface area (Å²) in [5.74, 6) is 0. The predicted octanol–water partition coefficient (Wildman–Crippen LogP) is 3.37. The minimum atomic E-state index is 0.207. The number of nitrogens with one attached hydrogen (secondary N) is 1. The monoisotopic (exact) mass is 306 g/mol. The van der Waals surface area contributed by atoms with Gasteiger partial charge in [-0.1, -0.05) is 18.5 Å². The van der Waals surface area contributed by atoms with E-state index < -0.39 is 0 Å². The van der Waals surface area contributed by atoms with Gasteiger partial charge < -0.3 is 5.32 Å². The van der Waals surface area contributed by atoms with Crippen LogP contribution in [0.2, 0.25) is 5.15 Å². The fourth-order valence-electron chi connectivity index (χ4n) is 2.56. The van der Waals surface area contributed by atoms with E-state index in [0.717, 1.165) is 35.8 Å². The molecular weight excluding hydrogens is 284 g/mol. The fourth-order valence-corrected chi connectivity index (χ4v) is 2.81. The van der Waals surface area contributed by atoms with Gasteiger partial charge >= 0.3 is 0 Å². The lowest BCUT2D eigenvalue weighted by atomic mass is 9.97. The second kappa shape index (κ2) is 7.05. The van der Waals surface area contributed by atoms with Crippen LogP contribution in [0.3, 0.4) is 0 Å². The van der Waals surface area contributed by atoms with E-state index in [0.29, 0.717) is 0 Å². The van der Waals surface area contributed by atoms with E-state index in [4.69, 9.17) is 11.6 Å². The summed E-state index contributed by atoms with van der Waals surface area (Å²) in [6, 6.07) is 2.26. The van der Waals surface area contributed by atoms with Crippen molar-refractivity contribution in [2.24, 2.45) is 7.05 Å². The largest absolute Gasteiger partial charge is 0.310 e. The van der Waals surface area contributed by atoms with E-state index in [-0.39, 0.29) is 6.04 Å². The van der Waals surface area contributed by atoms with Crippen molar-refractivity contribution in [1.82, 2.24) is 20.1 Å². The Bertz CT molecular complexity index is 606. The van der Waals surface area contributed by atoms with E-state index in [9.17, 15) is 0 Å². The maximum absolute atomic E-state index is 6.38. The van der Waals surface area contributed by atoms with Crippen LogP contribution in [0.5, 0.6) is 0 Å². The number of rotatable bonds is 6. The number of pyridine rings is 1. The molecule has 2 heterocycles. The molecule has 0 aromatic carbocycles. The van der Waals surface area contributed by atoms with Crippen LogP contribution in [0.15, 0.2) is 18.5 Å². The van der Waals surface area contributed by atoms with Crippen molar-refractivity contribution >= 4 is 11.6 Å². The molecule has 2 rings (SSSR count). The van der Waals surface area contributed by atoms with Crippen LogP contribution in [0, 0.1) is 13.8 Å². The SMILES string of the molecule is CCCNC(Cc1c(C)nn(C)c1Cl)c1cnccc1C. The summed E-state index contributed by atoms with van der Waals surface area (Å²) in [5.41, 5.74) is 4.57. The molecule has 0 aliphatic carbocycles. The molecule has 0 aliphatic rings. The molecule has 114 valence electrons. The smallest absolute Gasteiger partial charge is 0.130 e. The Balaban J connectivity index is 2.31. The molecule has 0 aliphatic heterocycles. The van der Waals surface area contributed by atoms with Crippen molar-refractivity contribution in [3.05, 3.63) is 46.0 Å². The highest BCUT2D eigenvalue weighted by Gasteiger charge is 2.19. The van der Waals surface area contributed by atoms with E-state index in [1.807, 2.05) is 32.4 Å². The van der Waals surface area contributed by atoms with Gasteiger partial charge in [-0.2, -0.15) is 5.10 Å². The van der Waals surface area contributed by atoms with Gasteiger partial charge in [-0.3, -0.25) is 9.67 Å². The van der Waals surface area contributed by atoms with Gasteiger partial charge in [0, 0.05) is 31.0 Å². The minimum absolute atomic E-state index is 0.207. The number of aromatic nitrogens is 3. The molecule has 0 spiro atoms. The Labute approximate surface area is 131 Å². The second-order valence-electron chi connectivity index (χ2n) is 5.42. The highest BCUT2D eigenvalue weighted by molar-refractivity contribution is 6.30. The number of halogens is 1. The topological polar surface area (TPSA) is 42.7 Å². The zero-order valence-electron chi connectivity index (χ0n) is 13.2. The molecular formula is C16H23ClN4. The molecule has 1 N–H and O–H groups in total. The Hall–Kier alpha value is -1.39. The highest BCUT2D eigenvalue weighted by Crippen LogP contribution is 2.27. The van der Waals surface area contributed by atoms with Crippen molar-refractivity contribution in [1.29, 1.82) is 0 Å². The Morgan fingerprint density at radius 1 is 1.38 bits per heavy atom. The molecule has 0 saturated heterocycles. The highest BCUT2D eigenvalue weighted by atomic mass is 35.5. The quantitative estimate of drug-likeness (QED) is 0.890. The molecule has 0 fully saturated rings. The molecule has 0 amide bonds. The maximum Gasteiger partial charge on any atom is 0.130 e. The van der Waals surface area contributed by atoms with Crippen molar-refractivity contribution in [2.45, 2.75) is 39.7 Å². The lowest BCUT2D eigenvalue weighted by Gasteiger charge is -2.20. The second-order valence-corrected chi connectivity index (χ2v) is 5.78. The first-order valence-corrected chi connectivity index (χ1v) is 7.74. The van der Waals surface area contributed by atoms with Crippen LogP contribution in [0.4, 0.5) is 0 Å². The summed E-state index contributed by atoms with van der Waals surface area (Å²) in [7, 11) is 1.88. The van der Waals surface area contributed by atoms with E-state index in [1.165, 1.54) is 11.1 Å². The lowest BCUT2D eigenvalue weighted by molar-refractivity contribution is 0.525. The molecule has 21 heavy (non-hydrogen) atoms. The minimum Gasteiger partial charge on any atom is -0.310 e. The van der Waals surface area contributed by atoms with Crippen LogP contribution >= 0.6 is 11.6 Å². The van der Waals surface area contributed by atoms with E-state index in [2.05, 4.69) is 29.2 Å². The maximum atomic E-state index is 6.38. The molecule has 2 aromatic rings. The van der Waals surface area contributed by atoms with Crippen LogP contribution in [0.25, 0.3) is 0 Å². The van der Waals surface area contributed by atoms with Gasteiger partial charge in [-0.25, -0.2) is 0 Å². The van der Waals surface area contributed by atoms with Gasteiger partial charge in [0.05, 0.1) is 5.69 Å². The first kappa shape index (κ1) is 16.0. The Morgan fingerprint density at radius 2 is 2.14 bits per heavy atom. The molecule has 1 unspecified atom stereocenters. The van der Waals surface area contributed by atoms with Crippen molar-refractivity contribution < 1.29 is 0 Å². The van der Waals surface area contributed by atoms with Crippen LogP contribution in [-0.4, -0.2) is 21.3 Å². The van der Waals surface area contributed by atoms with Crippen molar-refractivity contribution in [2.75, 3.05) is 6.54 Å². The molecule has 0 radical (unpaired) electrons. The molecule has 2 aromatic heterocycles. The summed E-state index contributed by atoms with van der Waals surface area (Å²) < 4.78 is 1.74. The van der Waals surface area contributed by atoms with E-state index >= 15 is 0 Å². The average Bonchev–Trinajstić information content (AvgIpc) is 2.70. The Morgan fingerprint density at radius 3 is 2.71 bits per heavy atom. The Kier molecular flexibility index (Phi) is 5.37. The first-order chi connectivity index (χ1) is 10.0.